The molecule has 0 aliphatic rings. The Balaban J connectivity index is 2.67. The molecule has 0 amide bonds. The van der Waals surface area contributed by atoms with E-state index < -0.39 is 0 Å². The van der Waals surface area contributed by atoms with Crippen molar-refractivity contribution < 1.29 is 4.74 Å². The maximum atomic E-state index is 5.80. The third-order valence-corrected chi connectivity index (χ3v) is 3.79. The third kappa shape index (κ3) is 3.98. The van der Waals surface area contributed by atoms with Crippen molar-refractivity contribution >= 4 is 15.9 Å². The average molecular weight is 301 g/mol. The number of hydrogen-bond acceptors (Lipinski definition) is 3. The van der Waals surface area contributed by atoms with Crippen molar-refractivity contribution in [1.29, 1.82) is 0 Å². The average Bonchev–Trinajstić information content (AvgIpc) is 2.26. The number of hydrogen-bond donors (Lipinski definition) is 1. The van der Waals surface area contributed by atoms with Crippen molar-refractivity contribution in [1.82, 2.24) is 4.90 Å². The Hall–Kier alpha value is -0.580. The van der Waals surface area contributed by atoms with Gasteiger partial charge in [0.25, 0.3) is 0 Å². The van der Waals surface area contributed by atoms with E-state index in [1.165, 1.54) is 0 Å². The summed E-state index contributed by atoms with van der Waals surface area (Å²) in [7, 11) is 4.10. The van der Waals surface area contributed by atoms with Crippen molar-refractivity contribution in [2.75, 3.05) is 20.7 Å². The van der Waals surface area contributed by atoms with Crippen LogP contribution in [-0.2, 0) is 6.54 Å². The second-order valence-electron chi connectivity index (χ2n) is 4.95. The molecular weight excluding hydrogens is 280 g/mol. The molecule has 1 aromatic rings. The number of nitrogens with zero attached hydrogens (tertiary/aromatic N) is 1. The van der Waals surface area contributed by atoms with E-state index >= 15 is 0 Å². The highest BCUT2D eigenvalue weighted by atomic mass is 79.9. The van der Waals surface area contributed by atoms with Crippen LogP contribution in [0.5, 0.6) is 5.75 Å². The predicted octanol–water partition coefficient (Wildman–Crippen LogP) is 2.63. The Morgan fingerprint density at radius 2 is 2.00 bits per heavy atom. The van der Waals surface area contributed by atoms with Gasteiger partial charge >= 0.3 is 0 Å². The topological polar surface area (TPSA) is 38.5 Å². The molecule has 0 heterocycles. The second kappa shape index (κ2) is 5.85. The standard InChI is InChI=1S/C13H21BrN2O/c1-13(2,16(3)4)9-17-11-6-5-10(8-15)12(14)7-11/h5-7H,8-9,15H2,1-4H3. The minimum Gasteiger partial charge on any atom is -0.492 e. The summed E-state index contributed by atoms with van der Waals surface area (Å²) >= 11 is 3.49. The maximum absolute atomic E-state index is 5.80. The first-order chi connectivity index (χ1) is 7.86. The molecule has 0 fully saturated rings. The van der Waals surface area contributed by atoms with Gasteiger partial charge in [0.2, 0.25) is 0 Å². The molecule has 0 aliphatic heterocycles. The fourth-order valence-corrected chi connectivity index (χ4v) is 1.69. The van der Waals surface area contributed by atoms with Crippen LogP contribution in [0.2, 0.25) is 0 Å². The van der Waals surface area contributed by atoms with Crippen LogP contribution in [0.15, 0.2) is 22.7 Å². The lowest BCUT2D eigenvalue weighted by molar-refractivity contribution is 0.114. The predicted molar refractivity (Wildman–Crippen MR) is 75.3 cm³/mol. The van der Waals surface area contributed by atoms with Gasteiger partial charge in [-0.15, -0.1) is 0 Å². The number of nitrogens with two attached hydrogens (primary N) is 1. The first-order valence-electron chi connectivity index (χ1n) is 5.65. The minimum absolute atomic E-state index is 0.0129. The van der Waals surface area contributed by atoms with E-state index in [4.69, 9.17) is 10.5 Å². The van der Waals surface area contributed by atoms with E-state index in [1.807, 2.05) is 18.2 Å². The summed E-state index contributed by atoms with van der Waals surface area (Å²) in [4.78, 5) is 2.15. The summed E-state index contributed by atoms with van der Waals surface area (Å²) < 4.78 is 6.80. The molecular formula is C13H21BrN2O. The Morgan fingerprint density at radius 3 is 2.47 bits per heavy atom. The van der Waals surface area contributed by atoms with Gasteiger partial charge in [0.05, 0.1) is 0 Å². The van der Waals surface area contributed by atoms with E-state index in [0.717, 1.165) is 15.8 Å². The summed E-state index contributed by atoms with van der Waals surface area (Å²) in [5, 5.41) is 0. The summed E-state index contributed by atoms with van der Waals surface area (Å²) in [6.07, 6.45) is 0. The molecule has 0 radical (unpaired) electrons. The molecule has 0 saturated carbocycles. The molecule has 0 unspecified atom stereocenters. The normalized spacial score (nSPS) is 11.9. The second-order valence-corrected chi connectivity index (χ2v) is 5.81. The quantitative estimate of drug-likeness (QED) is 0.908. The molecule has 2 N–H and O–H groups in total. The molecule has 17 heavy (non-hydrogen) atoms. The van der Waals surface area contributed by atoms with Gasteiger partial charge in [-0.2, -0.15) is 0 Å². The fourth-order valence-electron chi connectivity index (χ4n) is 1.17. The first kappa shape index (κ1) is 14.5. The molecule has 0 aliphatic carbocycles. The summed E-state index contributed by atoms with van der Waals surface area (Å²) in [5.74, 6) is 0.865. The van der Waals surface area contributed by atoms with Crippen LogP contribution in [0, 0.1) is 0 Å². The Morgan fingerprint density at radius 1 is 1.35 bits per heavy atom. The van der Waals surface area contributed by atoms with Gasteiger partial charge in [0, 0.05) is 16.6 Å². The highest BCUT2D eigenvalue weighted by Gasteiger charge is 2.21. The van der Waals surface area contributed by atoms with Crippen LogP contribution >= 0.6 is 15.9 Å². The van der Waals surface area contributed by atoms with Crippen molar-refractivity contribution in [3.63, 3.8) is 0 Å². The lowest BCUT2D eigenvalue weighted by atomic mass is 10.1. The Kier molecular flexibility index (Phi) is 4.98. The van der Waals surface area contributed by atoms with E-state index in [9.17, 15) is 0 Å². The highest BCUT2D eigenvalue weighted by molar-refractivity contribution is 9.10. The SMILES string of the molecule is CN(C)C(C)(C)COc1ccc(CN)c(Br)c1. The summed E-state index contributed by atoms with van der Waals surface area (Å²) in [5.41, 5.74) is 6.71. The lowest BCUT2D eigenvalue weighted by Gasteiger charge is -2.32. The minimum atomic E-state index is 0.0129. The van der Waals surface area contributed by atoms with Crippen LogP contribution in [-0.4, -0.2) is 31.1 Å². The van der Waals surface area contributed by atoms with E-state index in [-0.39, 0.29) is 5.54 Å². The molecule has 0 aromatic heterocycles. The van der Waals surface area contributed by atoms with E-state index in [2.05, 4.69) is 48.8 Å². The van der Waals surface area contributed by atoms with E-state index in [0.29, 0.717) is 13.2 Å². The number of ether oxygens (including phenoxy) is 1. The zero-order chi connectivity index (χ0) is 13.1. The van der Waals surface area contributed by atoms with Gasteiger partial charge in [-0.05, 0) is 45.6 Å². The van der Waals surface area contributed by atoms with Crippen molar-refractivity contribution in [3.8, 4) is 5.75 Å². The van der Waals surface area contributed by atoms with Crippen molar-refractivity contribution in [2.45, 2.75) is 25.9 Å². The molecule has 0 saturated heterocycles. The third-order valence-electron chi connectivity index (χ3n) is 3.05. The van der Waals surface area contributed by atoms with Crippen LogP contribution in [0.1, 0.15) is 19.4 Å². The molecule has 96 valence electrons. The van der Waals surface area contributed by atoms with Crippen molar-refractivity contribution in [2.24, 2.45) is 5.73 Å². The number of rotatable bonds is 5. The zero-order valence-electron chi connectivity index (χ0n) is 11.0. The largest absolute Gasteiger partial charge is 0.492 e. The van der Waals surface area contributed by atoms with Gasteiger partial charge in [-0.1, -0.05) is 22.0 Å². The molecule has 3 nitrogen and oxygen atoms in total. The fraction of sp³-hybridized carbons (Fsp3) is 0.538. The summed E-state index contributed by atoms with van der Waals surface area (Å²) in [6, 6.07) is 5.91. The summed E-state index contributed by atoms with van der Waals surface area (Å²) in [6.45, 7) is 5.48. The molecule has 4 heteroatoms. The van der Waals surface area contributed by atoms with E-state index in [1.54, 1.807) is 0 Å². The lowest BCUT2D eigenvalue weighted by Crippen LogP contribution is -2.43. The number of benzene rings is 1. The van der Waals surface area contributed by atoms with Gasteiger partial charge in [0.15, 0.2) is 0 Å². The van der Waals surface area contributed by atoms with Crippen LogP contribution < -0.4 is 10.5 Å². The van der Waals surface area contributed by atoms with Gasteiger partial charge in [0.1, 0.15) is 12.4 Å². The van der Waals surface area contributed by atoms with Crippen LogP contribution in [0.3, 0.4) is 0 Å². The first-order valence-corrected chi connectivity index (χ1v) is 6.45. The smallest absolute Gasteiger partial charge is 0.120 e. The van der Waals surface area contributed by atoms with Gasteiger partial charge < -0.3 is 15.4 Å². The zero-order valence-corrected chi connectivity index (χ0v) is 12.5. The molecule has 0 bridgehead atoms. The Bertz CT molecular complexity index is 378. The highest BCUT2D eigenvalue weighted by Crippen LogP contribution is 2.24. The molecule has 0 atom stereocenters. The van der Waals surface area contributed by atoms with Crippen LogP contribution in [0.4, 0.5) is 0 Å². The van der Waals surface area contributed by atoms with Crippen LogP contribution in [0.25, 0.3) is 0 Å². The molecule has 1 aromatic carbocycles. The number of likely N-dealkylation sites (N-methyl/N-ethyl adjacent to an activating group) is 1. The molecule has 0 spiro atoms. The van der Waals surface area contributed by atoms with Crippen molar-refractivity contribution in [3.05, 3.63) is 28.2 Å². The Labute approximate surface area is 112 Å². The monoisotopic (exact) mass is 300 g/mol. The maximum Gasteiger partial charge on any atom is 0.120 e. The molecule has 1 rings (SSSR count). The number of halogens is 1. The van der Waals surface area contributed by atoms with Gasteiger partial charge in [-0.25, -0.2) is 0 Å². The van der Waals surface area contributed by atoms with Gasteiger partial charge in [-0.3, -0.25) is 0 Å².